The number of esters is 1. The molecule has 5 aromatic rings. The van der Waals surface area contributed by atoms with Gasteiger partial charge in [0.1, 0.15) is 16.6 Å². The van der Waals surface area contributed by atoms with Crippen molar-refractivity contribution >= 4 is 49.1 Å². The molecule has 28 heavy (non-hydrogen) atoms. The molecule has 0 unspecified atom stereocenters. The first-order valence-corrected chi connectivity index (χ1v) is 10.4. The van der Waals surface area contributed by atoms with Crippen molar-refractivity contribution in [3.8, 4) is 10.6 Å². The average Bonchev–Trinajstić information content (AvgIpc) is 3.35. The van der Waals surface area contributed by atoms with Gasteiger partial charge in [-0.25, -0.2) is 14.8 Å². The van der Waals surface area contributed by atoms with Crippen LogP contribution in [-0.2, 0) is 11.3 Å². The minimum atomic E-state index is -0.367. The molecule has 0 N–H and O–H groups in total. The predicted octanol–water partition coefficient (Wildman–Crippen LogP) is 5.93. The minimum Gasteiger partial charge on any atom is -0.455 e. The summed E-state index contributed by atoms with van der Waals surface area (Å²) in [6.07, 6.45) is 0. The first kappa shape index (κ1) is 17.0. The van der Waals surface area contributed by atoms with Gasteiger partial charge in [-0.1, -0.05) is 42.5 Å². The topological polar surface area (TPSA) is 52.1 Å². The van der Waals surface area contributed by atoms with E-state index in [-0.39, 0.29) is 12.6 Å². The summed E-state index contributed by atoms with van der Waals surface area (Å²) in [5, 5.41) is 1.60. The van der Waals surface area contributed by atoms with E-state index in [2.05, 4.69) is 9.97 Å². The molecular formula is C22H14N2O2S2. The molecule has 0 bridgehead atoms. The van der Waals surface area contributed by atoms with Crippen LogP contribution in [-0.4, -0.2) is 15.9 Å². The van der Waals surface area contributed by atoms with Gasteiger partial charge in [0, 0.05) is 5.56 Å². The molecule has 0 amide bonds. The summed E-state index contributed by atoms with van der Waals surface area (Å²) in [6, 6.07) is 23.3. The third-order valence-electron chi connectivity index (χ3n) is 4.34. The maximum Gasteiger partial charge on any atom is 0.339 e. The number of thiazole rings is 2. The van der Waals surface area contributed by atoms with E-state index in [0.29, 0.717) is 5.56 Å². The van der Waals surface area contributed by atoms with E-state index in [1.807, 2.05) is 66.7 Å². The van der Waals surface area contributed by atoms with Crippen molar-refractivity contribution in [3.63, 3.8) is 0 Å². The van der Waals surface area contributed by atoms with Gasteiger partial charge in [-0.3, -0.25) is 0 Å². The molecule has 0 radical (unpaired) electrons. The number of benzene rings is 3. The molecule has 3 aromatic carbocycles. The Kier molecular flexibility index (Phi) is 4.35. The van der Waals surface area contributed by atoms with Crippen LogP contribution in [0.2, 0.25) is 0 Å². The summed E-state index contributed by atoms with van der Waals surface area (Å²) in [5.41, 5.74) is 3.16. The van der Waals surface area contributed by atoms with Gasteiger partial charge < -0.3 is 4.74 Å². The lowest BCUT2D eigenvalue weighted by molar-refractivity contribution is 0.0473. The zero-order valence-corrected chi connectivity index (χ0v) is 16.3. The Hall–Kier alpha value is -3.09. The number of carbonyl (C=O) groups is 1. The Balaban J connectivity index is 1.42. The third-order valence-corrected chi connectivity index (χ3v) is 6.42. The summed E-state index contributed by atoms with van der Waals surface area (Å²) >= 11 is 3.11. The first-order chi connectivity index (χ1) is 13.8. The number of hydrogen-bond acceptors (Lipinski definition) is 6. The fourth-order valence-corrected chi connectivity index (χ4v) is 4.91. The quantitative estimate of drug-likeness (QED) is 0.350. The molecule has 4 nitrogen and oxygen atoms in total. The lowest BCUT2D eigenvalue weighted by Gasteiger charge is -2.06. The van der Waals surface area contributed by atoms with E-state index >= 15 is 0 Å². The summed E-state index contributed by atoms with van der Waals surface area (Å²) in [4.78, 5) is 22.0. The molecule has 0 spiro atoms. The van der Waals surface area contributed by atoms with Crippen molar-refractivity contribution in [1.82, 2.24) is 9.97 Å². The van der Waals surface area contributed by atoms with E-state index in [4.69, 9.17) is 4.74 Å². The maximum absolute atomic E-state index is 12.8. The highest BCUT2D eigenvalue weighted by Crippen LogP contribution is 2.32. The largest absolute Gasteiger partial charge is 0.455 e. The maximum atomic E-state index is 12.8. The van der Waals surface area contributed by atoms with Crippen molar-refractivity contribution < 1.29 is 9.53 Å². The molecule has 0 aliphatic carbocycles. The van der Waals surface area contributed by atoms with Gasteiger partial charge in [-0.15, -0.1) is 22.7 Å². The second-order valence-corrected chi connectivity index (χ2v) is 8.33. The number of nitrogens with zero attached hydrogens (tertiary/aromatic N) is 2. The van der Waals surface area contributed by atoms with E-state index in [1.165, 1.54) is 11.3 Å². The fourth-order valence-electron chi connectivity index (χ4n) is 3.02. The Morgan fingerprint density at radius 3 is 2.18 bits per heavy atom. The minimum absolute atomic E-state index is 0.159. The van der Waals surface area contributed by atoms with Crippen LogP contribution in [0.3, 0.4) is 0 Å². The number of aromatic nitrogens is 2. The lowest BCUT2D eigenvalue weighted by atomic mass is 10.1. The van der Waals surface area contributed by atoms with E-state index in [0.717, 1.165) is 36.0 Å². The van der Waals surface area contributed by atoms with E-state index in [1.54, 1.807) is 17.4 Å². The van der Waals surface area contributed by atoms with Gasteiger partial charge in [0.15, 0.2) is 0 Å². The molecule has 0 fully saturated rings. The van der Waals surface area contributed by atoms with Crippen molar-refractivity contribution in [2.45, 2.75) is 6.61 Å². The Bertz CT molecular complexity index is 1240. The van der Waals surface area contributed by atoms with Gasteiger partial charge in [0.05, 0.1) is 26.0 Å². The number of hydrogen-bond donors (Lipinski definition) is 0. The normalized spacial score (nSPS) is 11.1. The summed E-state index contributed by atoms with van der Waals surface area (Å²) in [5.74, 6) is -0.367. The summed E-state index contributed by atoms with van der Waals surface area (Å²) < 4.78 is 7.74. The molecular weight excluding hydrogens is 388 g/mol. The van der Waals surface area contributed by atoms with E-state index < -0.39 is 0 Å². The highest BCUT2D eigenvalue weighted by molar-refractivity contribution is 7.21. The van der Waals surface area contributed by atoms with Crippen LogP contribution in [0.15, 0.2) is 72.8 Å². The van der Waals surface area contributed by atoms with Crippen LogP contribution in [0, 0.1) is 0 Å². The summed E-state index contributed by atoms with van der Waals surface area (Å²) in [6.45, 7) is 0.159. The standard InChI is InChI=1S/C22H14N2O2S2/c25-22(26-13-20-23-16-9-3-5-11-18(16)27-20)15-8-2-1-7-14(15)21-24-17-10-4-6-12-19(17)28-21/h1-12H,13H2. The molecule has 0 aliphatic rings. The Morgan fingerprint density at radius 2 is 1.43 bits per heavy atom. The van der Waals surface area contributed by atoms with Gasteiger partial charge in [-0.2, -0.15) is 0 Å². The van der Waals surface area contributed by atoms with Gasteiger partial charge in [0.25, 0.3) is 0 Å². The van der Waals surface area contributed by atoms with Gasteiger partial charge >= 0.3 is 5.97 Å². The van der Waals surface area contributed by atoms with Gasteiger partial charge in [-0.05, 0) is 30.3 Å². The molecule has 5 rings (SSSR count). The molecule has 0 saturated heterocycles. The molecule has 2 heterocycles. The fraction of sp³-hybridized carbons (Fsp3) is 0.0455. The lowest BCUT2D eigenvalue weighted by Crippen LogP contribution is -2.06. The monoisotopic (exact) mass is 402 g/mol. The number of ether oxygens (including phenoxy) is 1. The number of rotatable bonds is 4. The highest BCUT2D eigenvalue weighted by atomic mass is 32.1. The first-order valence-electron chi connectivity index (χ1n) is 8.74. The smallest absolute Gasteiger partial charge is 0.339 e. The van der Waals surface area contributed by atoms with Crippen LogP contribution in [0.4, 0.5) is 0 Å². The second kappa shape index (κ2) is 7.14. The van der Waals surface area contributed by atoms with Crippen molar-refractivity contribution in [2.75, 3.05) is 0 Å². The van der Waals surface area contributed by atoms with Crippen LogP contribution >= 0.6 is 22.7 Å². The average molecular weight is 403 g/mol. The molecule has 0 atom stereocenters. The SMILES string of the molecule is O=C(OCc1nc2ccccc2s1)c1ccccc1-c1nc2ccccc2s1. The highest BCUT2D eigenvalue weighted by Gasteiger charge is 2.17. The Morgan fingerprint density at radius 1 is 0.786 bits per heavy atom. The molecule has 0 aliphatic heterocycles. The second-order valence-electron chi connectivity index (χ2n) is 6.18. The number of fused-ring (bicyclic) bond motifs is 2. The zero-order valence-electron chi connectivity index (χ0n) is 14.7. The van der Waals surface area contributed by atoms with Crippen molar-refractivity contribution in [1.29, 1.82) is 0 Å². The van der Waals surface area contributed by atoms with Gasteiger partial charge in [0.2, 0.25) is 0 Å². The number of para-hydroxylation sites is 2. The molecule has 2 aromatic heterocycles. The van der Waals surface area contributed by atoms with Crippen LogP contribution in [0.1, 0.15) is 15.4 Å². The van der Waals surface area contributed by atoms with Crippen LogP contribution < -0.4 is 0 Å². The molecule has 0 saturated carbocycles. The number of carbonyl (C=O) groups excluding carboxylic acids is 1. The Labute approximate surface area is 169 Å². The van der Waals surface area contributed by atoms with Crippen LogP contribution in [0.5, 0.6) is 0 Å². The molecule has 136 valence electrons. The third kappa shape index (κ3) is 3.17. The van der Waals surface area contributed by atoms with E-state index in [9.17, 15) is 4.79 Å². The predicted molar refractivity (Wildman–Crippen MR) is 114 cm³/mol. The summed E-state index contributed by atoms with van der Waals surface area (Å²) in [7, 11) is 0. The van der Waals surface area contributed by atoms with Crippen molar-refractivity contribution in [3.05, 3.63) is 83.4 Å². The van der Waals surface area contributed by atoms with Crippen LogP contribution in [0.25, 0.3) is 31.0 Å². The van der Waals surface area contributed by atoms with Crippen molar-refractivity contribution in [2.24, 2.45) is 0 Å². The molecule has 6 heteroatoms. The zero-order chi connectivity index (χ0) is 18.9.